The van der Waals surface area contributed by atoms with E-state index in [0.29, 0.717) is 0 Å². The van der Waals surface area contributed by atoms with Gasteiger partial charge in [-0.15, -0.1) is 0 Å². The summed E-state index contributed by atoms with van der Waals surface area (Å²) in [5.41, 5.74) is -0.269. The summed E-state index contributed by atoms with van der Waals surface area (Å²) >= 11 is 0. The fraction of sp³-hybridized carbons (Fsp3) is 0.0769. The third-order valence-electron chi connectivity index (χ3n) is 2.54. The van der Waals surface area contributed by atoms with Crippen LogP contribution in [0.3, 0.4) is 0 Å². The number of anilines is 1. The Kier molecular flexibility index (Phi) is 3.79. The summed E-state index contributed by atoms with van der Waals surface area (Å²) in [6.45, 7) is -0.401. The molecule has 0 spiro atoms. The molecule has 1 heterocycles. The Bertz CT molecular complexity index is 667. The summed E-state index contributed by atoms with van der Waals surface area (Å²) in [6.07, 6.45) is 1.41. The molecule has 2 rings (SSSR count). The second-order valence-corrected chi connectivity index (χ2v) is 3.99. The lowest BCUT2D eigenvalue weighted by molar-refractivity contribution is -0.137. The molecule has 7 heteroatoms. The molecule has 0 atom stereocenters. The highest BCUT2D eigenvalue weighted by Gasteiger charge is 2.14. The second kappa shape index (κ2) is 5.52. The SMILES string of the molecule is O=C(O)Cn1cccc1C(=O)Nc1cc(F)ccc1F. The van der Waals surface area contributed by atoms with Gasteiger partial charge < -0.3 is 15.0 Å². The smallest absolute Gasteiger partial charge is 0.323 e. The van der Waals surface area contributed by atoms with Crippen LogP contribution in [-0.2, 0) is 11.3 Å². The Morgan fingerprint density at radius 1 is 1.25 bits per heavy atom. The van der Waals surface area contributed by atoms with E-state index in [-0.39, 0.29) is 11.4 Å². The molecule has 1 aromatic carbocycles. The van der Waals surface area contributed by atoms with Crippen molar-refractivity contribution in [1.82, 2.24) is 4.57 Å². The van der Waals surface area contributed by atoms with Crippen LogP contribution in [0.25, 0.3) is 0 Å². The number of hydrogen-bond acceptors (Lipinski definition) is 2. The van der Waals surface area contributed by atoms with E-state index in [1.54, 1.807) is 0 Å². The molecule has 0 aliphatic heterocycles. The van der Waals surface area contributed by atoms with Crippen LogP contribution in [0, 0.1) is 11.6 Å². The van der Waals surface area contributed by atoms with Crippen molar-refractivity contribution in [3.63, 3.8) is 0 Å². The van der Waals surface area contributed by atoms with Crippen molar-refractivity contribution in [3.8, 4) is 0 Å². The maximum Gasteiger partial charge on any atom is 0.323 e. The number of aliphatic carboxylic acids is 1. The molecule has 0 aliphatic carbocycles. The maximum atomic E-state index is 13.4. The first kappa shape index (κ1) is 13.7. The highest BCUT2D eigenvalue weighted by Crippen LogP contribution is 2.16. The molecule has 104 valence electrons. The molecule has 20 heavy (non-hydrogen) atoms. The van der Waals surface area contributed by atoms with E-state index in [1.807, 2.05) is 0 Å². The van der Waals surface area contributed by atoms with Crippen molar-refractivity contribution < 1.29 is 23.5 Å². The van der Waals surface area contributed by atoms with Gasteiger partial charge in [0.25, 0.3) is 5.91 Å². The number of carboxylic acids is 1. The standard InChI is InChI=1S/C13H10F2N2O3/c14-8-3-4-9(15)10(6-8)16-13(20)11-2-1-5-17(11)7-12(18)19/h1-6H,7H2,(H,16,20)(H,18,19). The van der Waals surface area contributed by atoms with Gasteiger partial charge in [-0.2, -0.15) is 0 Å². The number of hydrogen-bond donors (Lipinski definition) is 2. The van der Waals surface area contributed by atoms with Crippen molar-refractivity contribution >= 4 is 17.6 Å². The van der Waals surface area contributed by atoms with Crippen LogP contribution in [0.2, 0.25) is 0 Å². The average molecular weight is 280 g/mol. The van der Waals surface area contributed by atoms with Gasteiger partial charge in [0.1, 0.15) is 23.9 Å². The van der Waals surface area contributed by atoms with Crippen molar-refractivity contribution in [1.29, 1.82) is 0 Å². The summed E-state index contributed by atoms with van der Waals surface area (Å²) in [7, 11) is 0. The molecule has 0 unspecified atom stereocenters. The Morgan fingerprint density at radius 3 is 2.70 bits per heavy atom. The number of aromatic nitrogens is 1. The minimum atomic E-state index is -1.12. The number of halogens is 2. The van der Waals surface area contributed by atoms with Crippen LogP contribution in [0.5, 0.6) is 0 Å². The molecule has 1 amide bonds. The molecular weight excluding hydrogens is 270 g/mol. The van der Waals surface area contributed by atoms with Gasteiger partial charge >= 0.3 is 5.97 Å². The van der Waals surface area contributed by atoms with E-state index in [2.05, 4.69) is 5.32 Å². The fourth-order valence-corrected chi connectivity index (χ4v) is 1.68. The zero-order valence-electron chi connectivity index (χ0n) is 10.1. The normalized spacial score (nSPS) is 10.3. The molecule has 0 saturated heterocycles. The number of amides is 1. The maximum absolute atomic E-state index is 13.4. The molecule has 0 saturated carbocycles. The van der Waals surface area contributed by atoms with E-state index in [0.717, 1.165) is 18.2 Å². The molecule has 0 bridgehead atoms. The predicted octanol–water partition coefficient (Wildman–Crippen LogP) is 2.10. The van der Waals surface area contributed by atoms with Crippen molar-refractivity contribution in [2.24, 2.45) is 0 Å². The fourth-order valence-electron chi connectivity index (χ4n) is 1.68. The van der Waals surface area contributed by atoms with Gasteiger partial charge in [0.2, 0.25) is 0 Å². The van der Waals surface area contributed by atoms with Gasteiger partial charge in [-0.05, 0) is 24.3 Å². The number of nitrogens with zero attached hydrogens (tertiary/aromatic N) is 1. The first-order chi connectivity index (χ1) is 9.47. The zero-order chi connectivity index (χ0) is 14.7. The molecule has 0 aliphatic rings. The number of benzene rings is 1. The van der Waals surface area contributed by atoms with Crippen LogP contribution < -0.4 is 5.32 Å². The van der Waals surface area contributed by atoms with Gasteiger partial charge in [0.15, 0.2) is 0 Å². The lowest BCUT2D eigenvalue weighted by atomic mass is 10.3. The predicted molar refractivity (Wildman–Crippen MR) is 66.4 cm³/mol. The highest BCUT2D eigenvalue weighted by atomic mass is 19.1. The summed E-state index contributed by atoms with van der Waals surface area (Å²) < 4.78 is 27.6. The van der Waals surface area contributed by atoms with E-state index < -0.39 is 30.1 Å². The Hall–Kier alpha value is -2.70. The Labute approximate surface area is 112 Å². The van der Waals surface area contributed by atoms with E-state index in [4.69, 9.17) is 5.11 Å². The van der Waals surface area contributed by atoms with Crippen molar-refractivity contribution in [2.45, 2.75) is 6.54 Å². The number of carbonyl (C=O) groups excluding carboxylic acids is 1. The van der Waals surface area contributed by atoms with Gasteiger partial charge in [-0.3, -0.25) is 9.59 Å². The van der Waals surface area contributed by atoms with Crippen LogP contribution >= 0.6 is 0 Å². The molecule has 2 aromatic rings. The minimum Gasteiger partial charge on any atom is -0.480 e. The van der Waals surface area contributed by atoms with Gasteiger partial charge in [-0.1, -0.05) is 0 Å². The van der Waals surface area contributed by atoms with Crippen molar-refractivity contribution in [3.05, 3.63) is 53.9 Å². The molecule has 2 N–H and O–H groups in total. The molecule has 1 aromatic heterocycles. The third kappa shape index (κ3) is 3.00. The number of nitrogens with one attached hydrogen (secondary N) is 1. The number of carboxylic acid groups (broad SMARTS) is 1. The van der Waals surface area contributed by atoms with Crippen molar-refractivity contribution in [2.75, 3.05) is 5.32 Å². The van der Waals surface area contributed by atoms with E-state index >= 15 is 0 Å². The summed E-state index contributed by atoms with van der Waals surface area (Å²) in [4.78, 5) is 22.6. The largest absolute Gasteiger partial charge is 0.480 e. The lowest BCUT2D eigenvalue weighted by Gasteiger charge is -2.08. The van der Waals surface area contributed by atoms with Gasteiger partial charge in [0, 0.05) is 12.3 Å². The Balaban J connectivity index is 2.22. The Morgan fingerprint density at radius 2 is 2.00 bits per heavy atom. The highest BCUT2D eigenvalue weighted by molar-refractivity contribution is 6.03. The lowest BCUT2D eigenvalue weighted by Crippen LogP contribution is -2.20. The van der Waals surface area contributed by atoms with Crippen LogP contribution in [0.1, 0.15) is 10.5 Å². The van der Waals surface area contributed by atoms with Crippen LogP contribution in [-0.4, -0.2) is 21.6 Å². The number of rotatable bonds is 4. The van der Waals surface area contributed by atoms with E-state index in [9.17, 15) is 18.4 Å². The third-order valence-corrected chi connectivity index (χ3v) is 2.54. The molecule has 0 fully saturated rings. The summed E-state index contributed by atoms with van der Waals surface area (Å²) in [5, 5.41) is 10.9. The second-order valence-electron chi connectivity index (χ2n) is 3.99. The molecule has 0 radical (unpaired) electrons. The first-order valence-electron chi connectivity index (χ1n) is 5.60. The van der Waals surface area contributed by atoms with Gasteiger partial charge in [-0.25, -0.2) is 8.78 Å². The summed E-state index contributed by atoms with van der Waals surface area (Å²) in [6, 6.07) is 5.53. The first-order valence-corrected chi connectivity index (χ1v) is 5.60. The quantitative estimate of drug-likeness (QED) is 0.901. The van der Waals surface area contributed by atoms with Crippen LogP contribution in [0.4, 0.5) is 14.5 Å². The molecule has 5 nitrogen and oxygen atoms in total. The zero-order valence-corrected chi connectivity index (χ0v) is 10.1. The monoisotopic (exact) mass is 280 g/mol. The summed E-state index contributed by atoms with van der Waals surface area (Å²) in [5.74, 6) is -3.31. The number of carbonyl (C=O) groups is 2. The van der Waals surface area contributed by atoms with E-state index in [1.165, 1.54) is 22.9 Å². The van der Waals surface area contributed by atoms with Gasteiger partial charge in [0.05, 0.1) is 5.69 Å². The minimum absolute atomic E-state index is 0.0380. The van der Waals surface area contributed by atoms with Crippen LogP contribution in [0.15, 0.2) is 36.5 Å². The topological polar surface area (TPSA) is 71.3 Å². The average Bonchev–Trinajstić information content (AvgIpc) is 2.81. The molecular formula is C13H10F2N2O3.